The molecule has 2 aromatic rings. The van der Waals surface area contributed by atoms with Gasteiger partial charge in [-0.3, -0.25) is 0 Å². The first-order chi connectivity index (χ1) is 9.65. The van der Waals surface area contributed by atoms with Crippen LogP contribution in [0, 0.1) is 0 Å². The minimum absolute atomic E-state index is 0.273. The van der Waals surface area contributed by atoms with Gasteiger partial charge >= 0.3 is 0 Å². The van der Waals surface area contributed by atoms with Crippen LogP contribution in [0.4, 0.5) is 0 Å². The lowest BCUT2D eigenvalue weighted by Crippen LogP contribution is -2.20. The van der Waals surface area contributed by atoms with Gasteiger partial charge in [-0.15, -0.1) is 0 Å². The summed E-state index contributed by atoms with van der Waals surface area (Å²) in [6.45, 7) is 5.32. The SMILES string of the molecule is CCCNC(CC)c1ccc(-c2ccc(Cl)cc2Br)o1. The fourth-order valence-corrected chi connectivity index (χ4v) is 3.02. The van der Waals surface area contributed by atoms with Gasteiger partial charge in [0.15, 0.2) is 0 Å². The smallest absolute Gasteiger partial charge is 0.135 e. The lowest BCUT2D eigenvalue weighted by atomic mass is 10.1. The molecule has 0 radical (unpaired) electrons. The van der Waals surface area contributed by atoms with Crippen LogP contribution in [-0.4, -0.2) is 6.54 Å². The maximum absolute atomic E-state index is 6.00. The monoisotopic (exact) mass is 355 g/mol. The Bertz CT molecular complexity index is 567. The van der Waals surface area contributed by atoms with Gasteiger partial charge in [-0.25, -0.2) is 0 Å². The van der Waals surface area contributed by atoms with E-state index in [-0.39, 0.29) is 6.04 Å². The zero-order valence-electron chi connectivity index (χ0n) is 11.7. The molecule has 0 aliphatic heterocycles. The number of benzene rings is 1. The molecule has 1 heterocycles. The average Bonchev–Trinajstić information content (AvgIpc) is 2.89. The zero-order chi connectivity index (χ0) is 14.5. The third-order valence-corrected chi connectivity index (χ3v) is 4.11. The first-order valence-corrected chi connectivity index (χ1v) is 8.11. The summed E-state index contributed by atoms with van der Waals surface area (Å²) >= 11 is 9.50. The van der Waals surface area contributed by atoms with E-state index < -0.39 is 0 Å². The van der Waals surface area contributed by atoms with Crippen LogP contribution < -0.4 is 5.32 Å². The second-order valence-electron chi connectivity index (χ2n) is 4.74. The van der Waals surface area contributed by atoms with Crippen molar-refractivity contribution in [3.63, 3.8) is 0 Å². The second kappa shape index (κ2) is 7.30. The Morgan fingerprint density at radius 3 is 2.70 bits per heavy atom. The quantitative estimate of drug-likeness (QED) is 0.706. The Kier molecular flexibility index (Phi) is 5.70. The molecule has 108 valence electrons. The lowest BCUT2D eigenvalue weighted by molar-refractivity contribution is 0.411. The highest BCUT2D eigenvalue weighted by Gasteiger charge is 2.14. The summed E-state index contributed by atoms with van der Waals surface area (Å²) in [5.74, 6) is 1.85. The van der Waals surface area contributed by atoms with Crippen LogP contribution >= 0.6 is 27.5 Å². The van der Waals surface area contributed by atoms with Crippen molar-refractivity contribution in [3.8, 4) is 11.3 Å². The number of hydrogen-bond acceptors (Lipinski definition) is 2. The van der Waals surface area contributed by atoms with Crippen molar-refractivity contribution in [1.82, 2.24) is 5.32 Å². The molecule has 1 aromatic carbocycles. The van der Waals surface area contributed by atoms with Crippen LogP contribution in [0.15, 0.2) is 39.2 Å². The topological polar surface area (TPSA) is 25.2 Å². The molecule has 20 heavy (non-hydrogen) atoms. The minimum atomic E-state index is 0.273. The van der Waals surface area contributed by atoms with Gasteiger partial charge in [-0.05, 0) is 65.6 Å². The normalized spacial score (nSPS) is 12.6. The van der Waals surface area contributed by atoms with Gasteiger partial charge in [-0.2, -0.15) is 0 Å². The molecule has 0 fully saturated rings. The van der Waals surface area contributed by atoms with Gasteiger partial charge in [0.1, 0.15) is 11.5 Å². The van der Waals surface area contributed by atoms with Crippen LogP contribution in [0.25, 0.3) is 11.3 Å². The van der Waals surface area contributed by atoms with E-state index >= 15 is 0 Å². The van der Waals surface area contributed by atoms with Crippen LogP contribution in [0.2, 0.25) is 5.02 Å². The highest BCUT2D eigenvalue weighted by Crippen LogP contribution is 2.33. The van der Waals surface area contributed by atoms with Crippen molar-refractivity contribution >= 4 is 27.5 Å². The fraction of sp³-hybridized carbons (Fsp3) is 0.375. The van der Waals surface area contributed by atoms with Gasteiger partial charge in [-0.1, -0.05) is 25.4 Å². The molecule has 1 aromatic heterocycles. The predicted octanol–water partition coefficient (Wildman–Crippen LogP) is 5.81. The summed E-state index contributed by atoms with van der Waals surface area (Å²) in [4.78, 5) is 0. The molecule has 0 spiro atoms. The second-order valence-corrected chi connectivity index (χ2v) is 6.03. The third kappa shape index (κ3) is 3.66. The average molecular weight is 357 g/mol. The van der Waals surface area contributed by atoms with Crippen molar-refractivity contribution in [1.29, 1.82) is 0 Å². The predicted molar refractivity (Wildman–Crippen MR) is 88.2 cm³/mol. The van der Waals surface area contributed by atoms with Gasteiger partial charge in [0, 0.05) is 15.1 Å². The Balaban J connectivity index is 2.23. The zero-order valence-corrected chi connectivity index (χ0v) is 14.1. The largest absolute Gasteiger partial charge is 0.459 e. The summed E-state index contributed by atoms with van der Waals surface area (Å²) in [6.07, 6.45) is 2.13. The van der Waals surface area contributed by atoms with E-state index in [1.165, 1.54) is 0 Å². The number of hydrogen-bond donors (Lipinski definition) is 1. The van der Waals surface area contributed by atoms with E-state index in [1.807, 2.05) is 30.3 Å². The molecule has 1 N–H and O–H groups in total. The lowest BCUT2D eigenvalue weighted by Gasteiger charge is -2.13. The maximum atomic E-state index is 6.00. The Labute approximate surface area is 133 Å². The first kappa shape index (κ1) is 15.6. The molecule has 2 rings (SSSR count). The molecule has 1 atom stereocenters. The molecule has 1 unspecified atom stereocenters. The summed E-state index contributed by atoms with van der Waals surface area (Å²) in [5, 5.41) is 4.21. The minimum Gasteiger partial charge on any atom is -0.459 e. The van der Waals surface area contributed by atoms with Gasteiger partial charge in [0.25, 0.3) is 0 Å². The van der Waals surface area contributed by atoms with E-state index in [2.05, 4.69) is 35.1 Å². The van der Waals surface area contributed by atoms with E-state index in [0.717, 1.165) is 40.9 Å². The molecular formula is C16H19BrClNO. The molecular weight excluding hydrogens is 338 g/mol. The molecule has 0 saturated heterocycles. The van der Waals surface area contributed by atoms with E-state index in [4.69, 9.17) is 16.0 Å². The summed E-state index contributed by atoms with van der Waals surface area (Å²) < 4.78 is 6.95. The van der Waals surface area contributed by atoms with Crippen molar-refractivity contribution in [3.05, 3.63) is 45.6 Å². The van der Waals surface area contributed by atoms with Gasteiger partial charge in [0.2, 0.25) is 0 Å². The number of rotatable bonds is 6. The molecule has 0 saturated carbocycles. The molecule has 0 aliphatic carbocycles. The van der Waals surface area contributed by atoms with Crippen molar-refractivity contribution < 1.29 is 4.42 Å². The van der Waals surface area contributed by atoms with E-state index in [0.29, 0.717) is 5.02 Å². The Morgan fingerprint density at radius 2 is 2.05 bits per heavy atom. The fourth-order valence-electron chi connectivity index (χ4n) is 2.14. The highest BCUT2D eigenvalue weighted by atomic mass is 79.9. The van der Waals surface area contributed by atoms with Gasteiger partial charge in [0.05, 0.1) is 6.04 Å². The Hall–Kier alpha value is -0.770. The summed E-state index contributed by atoms with van der Waals surface area (Å²) in [7, 11) is 0. The summed E-state index contributed by atoms with van der Waals surface area (Å²) in [5.41, 5.74) is 1.02. The molecule has 2 nitrogen and oxygen atoms in total. The molecule has 0 aliphatic rings. The van der Waals surface area contributed by atoms with E-state index in [1.54, 1.807) is 0 Å². The first-order valence-electron chi connectivity index (χ1n) is 6.94. The standard InChI is InChI=1S/C16H19BrClNO/c1-3-9-19-14(4-2)16-8-7-15(20-16)12-6-5-11(18)10-13(12)17/h5-8,10,14,19H,3-4,9H2,1-2H3. The number of furan rings is 1. The molecule has 4 heteroatoms. The summed E-state index contributed by atoms with van der Waals surface area (Å²) in [6, 6.07) is 10.1. The number of nitrogens with one attached hydrogen (secondary N) is 1. The Morgan fingerprint density at radius 1 is 1.25 bits per heavy atom. The van der Waals surface area contributed by atoms with Crippen LogP contribution in [-0.2, 0) is 0 Å². The highest BCUT2D eigenvalue weighted by molar-refractivity contribution is 9.10. The van der Waals surface area contributed by atoms with Crippen molar-refractivity contribution in [2.24, 2.45) is 0 Å². The van der Waals surface area contributed by atoms with Crippen LogP contribution in [0.5, 0.6) is 0 Å². The van der Waals surface area contributed by atoms with Crippen LogP contribution in [0.3, 0.4) is 0 Å². The molecule has 0 bridgehead atoms. The molecule has 0 amide bonds. The van der Waals surface area contributed by atoms with E-state index in [9.17, 15) is 0 Å². The maximum Gasteiger partial charge on any atom is 0.135 e. The van der Waals surface area contributed by atoms with Gasteiger partial charge < -0.3 is 9.73 Å². The van der Waals surface area contributed by atoms with Crippen molar-refractivity contribution in [2.45, 2.75) is 32.7 Å². The third-order valence-electron chi connectivity index (χ3n) is 3.22. The number of halogens is 2. The van der Waals surface area contributed by atoms with Crippen molar-refractivity contribution in [2.75, 3.05) is 6.54 Å². The van der Waals surface area contributed by atoms with Crippen LogP contribution in [0.1, 0.15) is 38.5 Å².